The highest BCUT2D eigenvalue weighted by Gasteiger charge is 2.27. The highest BCUT2D eigenvalue weighted by atomic mass is 16.6. The Labute approximate surface area is 167 Å². The Balaban J connectivity index is 1.75. The predicted molar refractivity (Wildman–Crippen MR) is 115 cm³/mol. The largest absolute Gasteiger partial charge is 0.494 e. The second kappa shape index (κ2) is 9.69. The number of anilines is 1. The van der Waals surface area contributed by atoms with Gasteiger partial charge >= 0.3 is 7.12 Å². The summed E-state index contributed by atoms with van der Waals surface area (Å²) in [5, 5.41) is 0. The van der Waals surface area contributed by atoms with Crippen LogP contribution in [0.3, 0.4) is 0 Å². The number of carbonyl (C=O) groups is 1. The number of ketones is 1. The van der Waals surface area contributed by atoms with Crippen LogP contribution in [0.5, 0.6) is 0 Å². The minimum absolute atomic E-state index is 0.0568. The van der Waals surface area contributed by atoms with Gasteiger partial charge in [0.05, 0.1) is 0 Å². The van der Waals surface area contributed by atoms with Gasteiger partial charge in [-0.1, -0.05) is 42.5 Å². The van der Waals surface area contributed by atoms with E-state index in [-0.39, 0.29) is 5.78 Å². The van der Waals surface area contributed by atoms with E-state index in [0.29, 0.717) is 18.8 Å². The van der Waals surface area contributed by atoms with Crippen LogP contribution in [0.2, 0.25) is 0 Å². The lowest BCUT2D eigenvalue weighted by Gasteiger charge is -2.24. The van der Waals surface area contributed by atoms with E-state index in [1.54, 1.807) is 6.08 Å². The first-order chi connectivity index (χ1) is 13.5. The maximum Gasteiger partial charge on any atom is 0.494 e. The maximum absolute atomic E-state index is 12.8. The smallest absolute Gasteiger partial charge is 0.406 e. The van der Waals surface area contributed by atoms with Crippen LogP contribution in [0.25, 0.3) is 6.08 Å². The molecule has 0 radical (unpaired) electrons. The van der Waals surface area contributed by atoms with E-state index < -0.39 is 7.12 Å². The van der Waals surface area contributed by atoms with Crippen LogP contribution in [-0.2, 0) is 9.31 Å². The number of allylic oxidation sites excluding steroid dienone is 1. The van der Waals surface area contributed by atoms with Gasteiger partial charge in [0, 0.05) is 51.6 Å². The van der Waals surface area contributed by atoms with E-state index in [4.69, 9.17) is 9.31 Å². The Hall–Kier alpha value is -2.41. The standard InChI is InChI=1S/C22H27BN2O3/c1-24(2)19-11-8-18(9-12-19)10-13-22(26)20-6-4-5-7-21(20)23-27-16-14-25(3)15-17-28-23/h4-13H,14-17H2,1-3H3/b13-10+. The Kier molecular flexibility index (Phi) is 7.03. The van der Waals surface area contributed by atoms with Crippen LogP contribution in [0, 0.1) is 0 Å². The van der Waals surface area contributed by atoms with Crippen LogP contribution in [0.4, 0.5) is 5.69 Å². The highest BCUT2D eigenvalue weighted by molar-refractivity contribution is 6.63. The molecule has 3 rings (SSSR count). The van der Waals surface area contributed by atoms with E-state index in [1.165, 1.54) is 0 Å². The summed E-state index contributed by atoms with van der Waals surface area (Å²) in [7, 11) is 5.54. The van der Waals surface area contributed by atoms with Crippen molar-refractivity contribution in [2.45, 2.75) is 0 Å². The van der Waals surface area contributed by atoms with Crippen molar-refractivity contribution < 1.29 is 14.1 Å². The average Bonchev–Trinajstić information content (AvgIpc) is 2.69. The topological polar surface area (TPSA) is 42.0 Å². The number of benzene rings is 2. The monoisotopic (exact) mass is 378 g/mol. The molecule has 1 fully saturated rings. The van der Waals surface area contributed by atoms with Gasteiger partial charge in [-0.15, -0.1) is 0 Å². The van der Waals surface area contributed by atoms with Crippen LogP contribution in [-0.4, -0.2) is 65.2 Å². The van der Waals surface area contributed by atoms with Crippen LogP contribution < -0.4 is 10.4 Å². The number of hydrogen-bond donors (Lipinski definition) is 0. The summed E-state index contributed by atoms with van der Waals surface area (Å²) in [6.45, 7) is 2.83. The zero-order valence-corrected chi connectivity index (χ0v) is 16.8. The third kappa shape index (κ3) is 5.32. The second-order valence-electron chi connectivity index (χ2n) is 7.15. The average molecular weight is 378 g/mol. The molecule has 0 aromatic heterocycles. The summed E-state index contributed by atoms with van der Waals surface area (Å²) in [5.74, 6) is -0.0568. The van der Waals surface area contributed by atoms with Crippen LogP contribution >= 0.6 is 0 Å². The molecule has 1 aliphatic rings. The van der Waals surface area contributed by atoms with Gasteiger partial charge in [0.1, 0.15) is 0 Å². The molecule has 146 valence electrons. The van der Waals surface area contributed by atoms with Crippen molar-refractivity contribution in [3.05, 3.63) is 65.7 Å². The third-order valence-corrected chi connectivity index (χ3v) is 4.80. The van der Waals surface area contributed by atoms with Crippen LogP contribution in [0.15, 0.2) is 54.6 Å². The highest BCUT2D eigenvalue weighted by Crippen LogP contribution is 2.14. The number of nitrogens with zero attached hydrogens (tertiary/aromatic N) is 2. The normalized spacial score (nSPS) is 16.0. The summed E-state index contributed by atoms with van der Waals surface area (Å²) in [6, 6.07) is 15.6. The van der Waals surface area contributed by atoms with Gasteiger partial charge in [-0.3, -0.25) is 4.79 Å². The number of carbonyl (C=O) groups excluding carboxylic acids is 1. The first-order valence-corrected chi connectivity index (χ1v) is 9.55. The Morgan fingerprint density at radius 2 is 1.68 bits per heavy atom. The quantitative estimate of drug-likeness (QED) is 0.454. The molecule has 2 aromatic rings. The third-order valence-electron chi connectivity index (χ3n) is 4.80. The molecule has 1 heterocycles. The molecule has 6 heteroatoms. The molecule has 0 bridgehead atoms. The summed E-state index contributed by atoms with van der Waals surface area (Å²) in [6.07, 6.45) is 3.45. The molecule has 1 aliphatic heterocycles. The molecular formula is C22H27BN2O3. The molecule has 0 saturated carbocycles. The van der Waals surface area contributed by atoms with Crippen molar-refractivity contribution in [1.29, 1.82) is 0 Å². The summed E-state index contributed by atoms with van der Waals surface area (Å²) in [4.78, 5) is 17.1. The van der Waals surface area contributed by atoms with Gasteiger partial charge in [0.2, 0.25) is 0 Å². The fourth-order valence-electron chi connectivity index (χ4n) is 3.04. The number of rotatable bonds is 5. The predicted octanol–water partition coefficient (Wildman–Crippen LogP) is 2.32. The lowest BCUT2D eigenvalue weighted by atomic mass is 9.74. The molecule has 0 spiro atoms. The summed E-state index contributed by atoms with van der Waals surface area (Å²) >= 11 is 0. The van der Waals surface area contributed by atoms with E-state index in [1.807, 2.05) is 80.6 Å². The van der Waals surface area contributed by atoms with E-state index in [9.17, 15) is 4.79 Å². The van der Waals surface area contributed by atoms with Crippen molar-refractivity contribution in [1.82, 2.24) is 4.90 Å². The van der Waals surface area contributed by atoms with Gasteiger partial charge < -0.3 is 19.1 Å². The number of hydrogen-bond acceptors (Lipinski definition) is 5. The fraction of sp³-hybridized carbons (Fsp3) is 0.318. The molecular weight excluding hydrogens is 351 g/mol. The molecule has 0 amide bonds. The van der Waals surface area contributed by atoms with Gasteiger partial charge in [-0.25, -0.2) is 0 Å². The Bertz CT molecular complexity index is 811. The first-order valence-electron chi connectivity index (χ1n) is 9.55. The Morgan fingerprint density at radius 3 is 2.32 bits per heavy atom. The SMILES string of the molecule is CN1CCOB(c2ccccc2C(=O)/C=C/c2ccc(N(C)C)cc2)OCC1. The molecule has 0 unspecified atom stereocenters. The lowest BCUT2D eigenvalue weighted by molar-refractivity contribution is 0.104. The van der Waals surface area contributed by atoms with Gasteiger partial charge in [-0.05, 0) is 36.3 Å². The van der Waals surface area contributed by atoms with Gasteiger partial charge in [0.25, 0.3) is 0 Å². The first kappa shape index (κ1) is 20.3. The molecule has 5 nitrogen and oxygen atoms in total. The summed E-state index contributed by atoms with van der Waals surface area (Å²) < 4.78 is 11.8. The van der Waals surface area contributed by atoms with E-state index >= 15 is 0 Å². The summed E-state index contributed by atoms with van der Waals surface area (Å²) in [5.41, 5.74) is 3.50. The fourth-order valence-corrected chi connectivity index (χ4v) is 3.04. The zero-order valence-electron chi connectivity index (χ0n) is 16.8. The van der Waals surface area contributed by atoms with Gasteiger partial charge in [0.15, 0.2) is 5.78 Å². The minimum Gasteiger partial charge on any atom is -0.406 e. The minimum atomic E-state index is -0.512. The lowest BCUT2D eigenvalue weighted by Crippen LogP contribution is -2.45. The molecule has 28 heavy (non-hydrogen) atoms. The van der Waals surface area contributed by atoms with Crippen LogP contribution in [0.1, 0.15) is 15.9 Å². The van der Waals surface area contributed by atoms with Crippen molar-refractivity contribution in [2.24, 2.45) is 0 Å². The zero-order chi connectivity index (χ0) is 19.9. The van der Waals surface area contributed by atoms with E-state index in [2.05, 4.69) is 4.90 Å². The van der Waals surface area contributed by atoms with Crippen molar-refractivity contribution in [3.8, 4) is 0 Å². The molecule has 0 atom stereocenters. The Morgan fingerprint density at radius 1 is 1.04 bits per heavy atom. The van der Waals surface area contributed by atoms with Crippen molar-refractivity contribution in [2.75, 3.05) is 52.3 Å². The molecule has 2 aromatic carbocycles. The molecule has 1 saturated heterocycles. The second-order valence-corrected chi connectivity index (χ2v) is 7.15. The van der Waals surface area contributed by atoms with Crippen molar-refractivity contribution in [3.63, 3.8) is 0 Å². The maximum atomic E-state index is 12.8. The van der Waals surface area contributed by atoms with Gasteiger partial charge in [-0.2, -0.15) is 0 Å². The van der Waals surface area contributed by atoms with E-state index in [0.717, 1.165) is 29.8 Å². The number of likely N-dealkylation sites (N-methyl/N-ethyl adjacent to an activating group) is 1. The molecule has 0 N–H and O–H groups in total. The van der Waals surface area contributed by atoms with Crippen molar-refractivity contribution >= 4 is 30.1 Å². The molecule has 0 aliphatic carbocycles.